The van der Waals surface area contributed by atoms with Crippen molar-refractivity contribution in [3.05, 3.63) is 95.3 Å². The van der Waals surface area contributed by atoms with Crippen molar-refractivity contribution in [3.8, 4) is 11.1 Å². The molecule has 41 heavy (non-hydrogen) atoms. The monoisotopic (exact) mass is 552 g/mol. The minimum atomic E-state index is -0.476. The van der Waals surface area contributed by atoms with Crippen molar-refractivity contribution in [1.29, 1.82) is 0 Å². The number of amides is 1. The Morgan fingerprint density at radius 1 is 1.00 bits per heavy atom. The number of fused-ring (bicyclic) bond motifs is 4. The molecule has 0 atom stereocenters. The smallest absolute Gasteiger partial charge is 0.407 e. The van der Waals surface area contributed by atoms with Gasteiger partial charge in [0.1, 0.15) is 12.4 Å². The molecule has 1 heterocycles. The first-order valence-corrected chi connectivity index (χ1v) is 14.1. The van der Waals surface area contributed by atoms with Gasteiger partial charge in [-0.05, 0) is 59.1 Å². The van der Waals surface area contributed by atoms with Crippen molar-refractivity contribution in [2.45, 2.75) is 32.9 Å². The number of esters is 1. The van der Waals surface area contributed by atoms with Gasteiger partial charge in [0.2, 0.25) is 0 Å². The van der Waals surface area contributed by atoms with Gasteiger partial charge in [-0.1, -0.05) is 68.4 Å². The number of nitrogens with one attached hydrogen (secondary N) is 1. The standard InChI is InChI=1S/C33H36N4O4/c1-4-36(5-2)18-19-37-30-16-14-23(15-17-32(38)40-3)20-29(30)35-31(37)21-34-33(39)41-22-28-26-12-8-6-10-24(26)25-11-7-9-13-27(25)28/h6-17,20,28H,4-5,18-19,21-22H2,1-3H3,(H,34,39). The van der Waals surface area contributed by atoms with Crippen molar-refractivity contribution >= 4 is 29.2 Å². The molecule has 8 nitrogen and oxygen atoms in total. The van der Waals surface area contributed by atoms with Crippen molar-refractivity contribution in [1.82, 2.24) is 19.8 Å². The topological polar surface area (TPSA) is 85.7 Å². The molecule has 0 bridgehead atoms. The lowest BCUT2D eigenvalue weighted by molar-refractivity contribution is -0.134. The number of hydrogen-bond acceptors (Lipinski definition) is 6. The molecule has 1 aliphatic rings. The molecule has 1 aromatic heterocycles. The fourth-order valence-corrected chi connectivity index (χ4v) is 5.50. The van der Waals surface area contributed by atoms with Crippen LogP contribution in [-0.4, -0.2) is 59.9 Å². The van der Waals surface area contributed by atoms with Gasteiger partial charge < -0.3 is 24.3 Å². The first-order valence-electron chi connectivity index (χ1n) is 14.1. The number of carbonyl (C=O) groups is 2. The van der Waals surface area contributed by atoms with Crippen LogP contribution >= 0.6 is 0 Å². The molecule has 0 radical (unpaired) electrons. The van der Waals surface area contributed by atoms with Gasteiger partial charge in [0.15, 0.2) is 0 Å². The van der Waals surface area contributed by atoms with Crippen molar-refractivity contribution in [3.63, 3.8) is 0 Å². The first kappa shape index (κ1) is 28.1. The van der Waals surface area contributed by atoms with Crippen molar-refractivity contribution in [2.24, 2.45) is 0 Å². The predicted octanol–water partition coefficient (Wildman–Crippen LogP) is 5.60. The summed E-state index contributed by atoms with van der Waals surface area (Å²) in [6, 6.07) is 22.4. The zero-order chi connectivity index (χ0) is 28.8. The summed E-state index contributed by atoms with van der Waals surface area (Å²) >= 11 is 0. The van der Waals surface area contributed by atoms with Crippen LogP contribution in [0.5, 0.6) is 0 Å². The van der Waals surface area contributed by atoms with Crippen LogP contribution in [-0.2, 0) is 27.4 Å². The molecule has 0 saturated carbocycles. The molecule has 1 aliphatic carbocycles. The second kappa shape index (κ2) is 12.8. The highest BCUT2D eigenvalue weighted by atomic mass is 16.5. The number of imidazole rings is 1. The Morgan fingerprint density at radius 2 is 1.68 bits per heavy atom. The van der Waals surface area contributed by atoms with Crippen LogP contribution in [0.3, 0.4) is 0 Å². The summed E-state index contributed by atoms with van der Waals surface area (Å²) in [5.41, 5.74) is 7.35. The highest BCUT2D eigenvalue weighted by Gasteiger charge is 2.29. The SMILES string of the molecule is CCN(CC)CCn1c(CNC(=O)OCC2c3ccccc3-c3ccccc32)nc2cc(C=CC(=O)OC)ccc21. The summed E-state index contributed by atoms with van der Waals surface area (Å²) in [6.07, 6.45) is 2.61. The van der Waals surface area contributed by atoms with Crippen LogP contribution < -0.4 is 5.32 Å². The van der Waals surface area contributed by atoms with Gasteiger partial charge >= 0.3 is 12.1 Å². The molecule has 1 N–H and O–H groups in total. The minimum Gasteiger partial charge on any atom is -0.466 e. The van der Waals surface area contributed by atoms with E-state index in [4.69, 9.17) is 14.5 Å². The van der Waals surface area contributed by atoms with E-state index in [0.29, 0.717) is 0 Å². The zero-order valence-electron chi connectivity index (χ0n) is 23.8. The number of benzene rings is 3. The Hall–Kier alpha value is -4.43. The third-order valence-electron chi connectivity index (χ3n) is 7.73. The Morgan fingerprint density at radius 3 is 2.34 bits per heavy atom. The van der Waals surface area contributed by atoms with Crippen molar-refractivity contribution in [2.75, 3.05) is 33.4 Å². The van der Waals surface area contributed by atoms with Gasteiger partial charge in [0.05, 0.1) is 24.7 Å². The summed E-state index contributed by atoms with van der Waals surface area (Å²) < 4.78 is 12.6. The number of aromatic nitrogens is 2. The number of alkyl carbamates (subject to hydrolysis) is 1. The number of nitrogens with zero attached hydrogens (tertiary/aromatic N) is 3. The molecule has 0 unspecified atom stereocenters. The highest BCUT2D eigenvalue weighted by Crippen LogP contribution is 2.44. The highest BCUT2D eigenvalue weighted by molar-refractivity contribution is 5.88. The Bertz CT molecular complexity index is 1530. The van der Waals surface area contributed by atoms with Gasteiger partial charge in [-0.15, -0.1) is 0 Å². The normalized spacial score (nSPS) is 12.6. The minimum absolute atomic E-state index is 0.00302. The fourth-order valence-electron chi connectivity index (χ4n) is 5.50. The summed E-state index contributed by atoms with van der Waals surface area (Å²) in [5.74, 6) is 0.334. The number of methoxy groups -OCH3 is 1. The number of ether oxygens (including phenoxy) is 2. The van der Waals surface area contributed by atoms with E-state index >= 15 is 0 Å². The van der Waals surface area contributed by atoms with Crippen LogP contribution in [0.4, 0.5) is 4.79 Å². The van der Waals surface area contributed by atoms with Gasteiger partial charge in [0, 0.05) is 25.1 Å². The van der Waals surface area contributed by atoms with Crippen LogP contribution in [0.25, 0.3) is 28.2 Å². The van der Waals surface area contributed by atoms with Crippen LogP contribution in [0.1, 0.15) is 42.3 Å². The maximum Gasteiger partial charge on any atom is 0.407 e. The third-order valence-corrected chi connectivity index (χ3v) is 7.73. The molecule has 212 valence electrons. The lowest BCUT2D eigenvalue weighted by Crippen LogP contribution is -2.29. The average Bonchev–Trinajstić information content (AvgIpc) is 3.52. The number of rotatable bonds is 11. The second-order valence-electron chi connectivity index (χ2n) is 9.99. The molecule has 3 aromatic carbocycles. The molecule has 0 fully saturated rings. The van der Waals surface area contributed by atoms with Gasteiger partial charge in [-0.3, -0.25) is 0 Å². The molecule has 0 saturated heterocycles. The lowest BCUT2D eigenvalue weighted by Gasteiger charge is -2.19. The van der Waals surface area contributed by atoms with E-state index in [9.17, 15) is 9.59 Å². The Labute approximate surface area is 240 Å². The maximum absolute atomic E-state index is 12.9. The van der Waals surface area contributed by atoms with E-state index in [2.05, 4.69) is 52.9 Å². The number of carbonyl (C=O) groups excluding carboxylic acids is 2. The number of likely N-dealkylation sites (N-methyl/N-ethyl adjacent to an activating group) is 1. The van der Waals surface area contributed by atoms with Gasteiger partial charge in [0.25, 0.3) is 0 Å². The van der Waals surface area contributed by atoms with Gasteiger partial charge in [-0.2, -0.15) is 0 Å². The zero-order valence-corrected chi connectivity index (χ0v) is 23.8. The molecular weight excluding hydrogens is 516 g/mol. The quantitative estimate of drug-likeness (QED) is 0.193. The lowest BCUT2D eigenvalue weighted by atomic mass is 9.98. The van der Waals surface area contributed by atoms with Crippen LogP contribution in [0.2, 0.25) is 0 Å². The summed E-state index contributed by atoms with van der Waals surface area (Å²) in [6.45, 7) is 8.30. The molecule has 0 spiro atoms. The summed E-state index contributed by atoms with van der Waals surface area (Å²) in [5, 5.41) is 2.92. The maximum atomic E-state index is 12.9. The molecule has 4 aromatic rings. The molecule has 1 amide bonds. The molecule has 8 heteroatoms. The first-order chi connectivity index (χ1) is 20.0. The van der Waals surface area contributed by atoms with E-state index in [0.717, 1.165) is 48.6 Å². The van der Waals surface area contributed by atoms with E-state index in [1.165, 1.54) is 35.4 Å². The predicted molar refractivity (Wildman–Crippen MR) is 160 cm³/mol. The van der Waals surface area contributed by atoms with E-state index in [1.807, 2.05) is 42.5 Å². The average molecular weight is 553 g/mol. The van der Waals surface area contributed by atoms with Crippen molar-refractivity contribution < 1.29 is 19.1 Å². The summed E-state index contributed by atoms with van der Waals surface area (Å²) in [7, 11) is 1.35. The third kappa shape index (κ3) is 6.18. The molecular formula is C33H36N4O4. The van der Waals surface area contributed by atoms with E-state index in [1.54, 1.807) is 6.08 Å². The van der Waals surface area contributed by atoms with E-state index < -0.39 is 12.1 Å². The van der Waals surface area contributed by atoms with E-state index in [-0.39, 0.29) is 19.1 Å². The van der Waals surface area contributed by atoms with Gasteiger partial charge in [-0.25, -0.2) is 14.6 Å². The largest absolute Gasteiger partial charge is 0.466 e. The fraction of sp³-hybridized carbons (Fsp3) is 0.303. The summed E-state index contributed by atoms with van der Waals surface area (Å²) in [4.78, 5) is 31.6. The Balaban J connectivity index is 1.30. The Kier molecular flexibility index (Phi) is 8.79. The molecule has 5 rings (SSSR count). The van der Waals surface area contributed by atoms with Crippen LogP contribution in [0.15, 0.2) is 72.8 Å². The number of hydrogen-bond donors (Lipinski definition) is 1. The second-order valence-corrected chi connectivity index (χ2v) is 9.99. The molecule has 0 aliphatic heterocycles. The van der Waals surface area contributed by atoms with Crippen LogP contribution in [0, 0.1) is 0 Å².